The maximum Gasteiger partial charge on any atom is 0.306 e. The highest BCUT2D eigenvalue weighted by Gasteiger charge is 2.47. The van der Waals surface area contributed by atoms with Gasteiger partial charge in [0.1, 0.15) is 15.8 Å². The molecule has 1 aromatic rings. The van der Waals surface area contributed by atoms with Crippen molar-refractivity contribution in [3.63, 3.8) is 0 Å². The topological polar surface area (TPSA) is 65.1 Å². The summed E-state index contributed by atoms with van der Waals surface area (Å²) in [6.45, 7) is 6.83. The number of fused-ring (bicyclic) bond motifs is 1. The maximum atomic E-state index is 11.5. The summed E-state index contributed by atoms with van der Waals surface area (Å²) in [6.07, 6.45) is 0.723. The van der Waals surface area contributed by atoms with Gasteiger partial charge in [-0.25, -0.2) is 0 Å². The van der Waals surface area contributed by atoms with Gasteiger partial charge in [-0.2, -0.15) is 8.42 Å². The molecule has 9 heteroatoms. The van der Waals surface area contributed by atoms with Crippen molar-refractivity contribution in [2.24, 2.45) is 0 Å². The van der Waals surface area contributed by atoms with E-state index in [9.17, 15) is 8.42 Å². The Labute approximate surface area is 151 Å². The first-order chi connectivity index (χ1) is 11.1. The Hall–Kier alpha value is -0.730. The minimum absolute atomic E-state index is 0.0159. The monoisotopic (exact) mass is 395 g/mol. The Balaban J connectivity index is 2.03. The molecule has 0 saturated carbocycles. The van der Waals surface area contributed by atoms with E-state index < -0.39 is 15.5 Å². The molecule has 0 radical (unpaired) electrons. The molecule has 0 aliphatic carbocycles. The summed E-state index contributed by atoms with van der Waals surface area (Å²) in [6, 6.07) is 1.60. The molecule has 0 spiro atoms. The number of morpholine rings is 1. The van der Waals surface area contributed by atoms with E-state index in [1.165, 1.54) is 0 Å². The van der Waals surface area contributed by atoms with E-state index in [1.807, 2.05) is 13.8 Å². The fourth-order valence-corrected chi connectivity index (χ4v) is 4.06. The highest BCUT2D eigenvalue weighted by atomic mass is 35.5. The molecule has 3 rings (SSSR count). The molecule has 1 saturated heterocycles. The molecule has 0 aromatic heterocycles. The fourth-order valence-electron chi connectivity index (χ4n) is 3.14. The van der Waals surface area contributed by atoms with E-state index in [-0.39, 0.29) is 22.0 Å². The molecule has 6 nitrogen and oxygen atoms in total. The van der Waals surface area contributed by atoms with Crippen LogP contribution < -0.4 is 8.92 Å². The summed E-state index contributed by atoms with van der Waals surface area (Å²) in [7, 11) is -3.72. The third-order valence-corrected chi connectivity index (χ3v) is 5.60. The second kappa shape index (κ2) is 6.21. The first-order valence-electron chi connectivity index (χ1n) is 7.51. The molecule has 0 amide bonds. The summed E-state index contributed by atoms with van der Waals surface area (Å²) < 4.78 is 39.4. The van der Waals surface area contributed by atoms with E-state index in [0.29, 0.717) is 19.0 Å². The van der Waals surface area contributed by atoms with Crippen molar-refractivity contribution in [1.29, 1.82) is 0 Å². The molecule has 0 bridgehead atoms. The van der Waals surface area contributed by atoms with Crippen LogP contribution in [0.1, 0.15) is 19.4 Å². The Kier molecular flexibility index (Phi) is 4.68. The van der Waals surface area contributed by atoms with Crippen molar-refractivity contribution in [3.05, 3.63) is 21.7 Å². The van der Waals surface area contributed by atoms with Crippen LogP contribution in [0.25, 0.3) is 0 Å². The van der Waals surface area contributed by atoms with E-state index in [1.54, 1.807) is 6.07 Å². The van der Waals surface area contributed by atoms with E-state index in [0.717, 1.165) is 24.9 Å². The quantitative estimate of drug-likeness (QED) is 0.732. The van der Waals surface area contributed by atoms with Crippen LogP contribution in [0.4, 0.5) is 0 Å². The van der Waals surface area contributed by atoms with Gasteiger partial charge in [0.15, 0.2) is 12.0 Å². The van der Waals surface area contributed by atoms with Crippen LogP contribution in [0.15, 0.2) is 6.07 Å². The average Bonchev–Trinajstić information content (AvgIpc) is 2.76. The summed E-state index contributed by atoms with van der Waals surface area (Å²) in [4.78, 5) is 2.19. The van der Waals surface area contributed by atoms with Gasteiger partial charge in [0.05, 0.1) is 19.5 Å². The van der Waals surface area contributed by atoms with Crippen molar-refractivity contribution in [3.8, 4) is 11.5 Å². The zero-order valence-corrected chi connectivity index (χ0v) is 16.0. The molecule has 1 atom stereocenters. The second-order valence-electron chi connectivity index (χ2n) is 6.51. The lowest BCUT2D eigenvalue weighted by atomic mass is 9.83. The molecule has 2 heterocycles. The zero-order chi connectivity index (χ0) is 17.7. The van der Waals surface area contributed by atoms with Gasteiger partial charge in [0.2, 0.25) is 0 Å². The third kappa shape index (κ3) is 3.20. The molecule has 2 aliphatic heterocycles. The van der Waals surface area contributed by atoms with Crippen LogP contribution in [0, 0.1) is 0 Å². The van der Waals surface area contributed by atoms with Crippen molar-refractivity contribution in [2.75, 3.05) is 32.6 Å². The highest BCUT2D eigenvalue weighted by molar-refractivity contribution is 7.86. The number of rotatable bonds is 3. The van der Waals surface area contributed by atoms with Crippen molar-refractivity contribution in [1.82, 2.24) is 4.90 Å². The zero-order valence-electron chi connectivity index (χ0n) is 13.6. The Morgan fingerprint density at radius 1 is 1.25 bits per heavy atom. The normalized spacial score (nSPS) is 23.6. The van der Waals surface area contributed by atoms with Gasteiger partial charge in [0, 0.05) is 24.1 Å². The summed E-state index contributed by atoms with van der Waals surface area (Å²) >= 11 is 12.5. The predicted octanol–water partition coefficient (Wildman–Crippen LogP) is 2.66. The van der Waals surface area contributed by atoms with Crippen LogP contribution >= 0.6 is 23.2 Å². The lowest BCUT2D eigenvalue weighted by molar-refractivity contribution is -0.0612. The highest BCUT2D eigenvalue weighted by Crippen LogP contribution is 2.52. The summed E-state index contributed by atoms with van der Waals surface area (Å²) in [5.41, 5.74) is 0.350. The van der Waals surface area contributed by atoms with Gasteiger partial charge in [-0.15, -0.1) is 0 Å². The predicted molar refractivity (Wildman–Crippen MR) is 91.8 cm³/mol. The molecule has 134 valence electrons. The van der Waals surface area contributed by atoms with Gasteiger partial charge in [-0.3, -0.25) is 4.90 Å². The fraction of sp³-hybridized carbons (Fsp3) is 0.600. The van der Waals surface area contributed by atoms with E-state index in [4.69, 9.17) is 36.9 Å². The molecule has 1 fully saturated rings. The van der Waals surface area contributed by atoms with Crippen molar-refractivity contribution < 1.29 is 22.1 Å². The lowest BCUT2D eigenvalue weighted by Gasteiger charge is -2.38. The number of halogens is 2. The van der Waals surface area contributed by atoms with Gasteiger partial charge < -0.3 is 13.7 Å². The number of hydrogen-bond acceptors (Lipinski definition) is 6. The van der Waals surface area contributed by atoms with E-state index in [2.05, 4.69) is 4.90 Å². The smallest absolute Gasteiger partial charge is 0.306 e. The van der Waals surface area contributed by atoms with Crippen LogP contribution in [0.3, 0.4) is 0 Å². The van der Waals surface area contributed by atoms with Crippen LogP contribution in [-0.2, 0) is 20.3 Å². The SMILES string of the molecule is CC1(C)c2cc(OS(C)(=O)=O)c(Cl)c(Cl)c2OC1N1CCOCC1. The first kappa shape index (κ1) is 18.1. The average molecular weight is 396 g/mol. The number of nitrogens with zero attached hydrogens (tertiary/aromatic N) is 1. The minimum atomic E-state index is -3.72. The standard InChI is InChI=1S/C15H19Cl2NO5S/c1-15(2)9-8-10(23-24(3,19)20)11(16)12(17)13(9)22-14(15)18-4-6-21-7-5-18/h8,14H,4-7H2,1-3H3. The maximum absolute atomic E-state index is 11.5. The third-order valence-electron chi connectivity index (χ3n) is 4.29. The van der Waals surface area contributed by atoms with Crippen LogP contribution in [0.5, 0.6) is 11.5 Å². The Morgan fingerprint density at radius 3 is 2.46 bits per heavy atom. The summed E-state index contributed by atoms with van der Waals surface area (Å²) in [5.74, 6) is 0.492. The Bertz CT molecular complexity index is 760. The molecule has 0 N–H and O–H groups in total. The van der Waals surface area contributed by atoms with Gasteiger partial charge in [-0.1, -0.05) is 37.0 Å². The molecule has 2 aliphatic rings. The number of ether oxygens (including phenoxy) is 2. The largest absolute Gasteiger partial charge is 0.472 e. The molecule has 24 heavy (non-hydrogen) atoms. The molecular formula is C15H19Cl2NO5S. The molecule has 1 unspecified atom stereocenters. The first-order valence-corrected chi connectivity index (χ1v) is 10.1. The molecule has 1 aromatic carbocycles. The Morgan fingerprint density at radius 2 is 1.88 bits per heavy atom. The number of benzene rings is 1. The minimum Gasteiger partial charge on any atom is -0.472 e. The van der Waals surface area contributed by atoms with Crippen molar-refractivity contribution >= 4 is 33.3 Å². The van der Waals surface area contributed by atoms with E-state index >= 15 is 0 Å². The lowest BCUT2D eigenvalue weighted by Crippen LogP contribution is -2.52. The van der Waals surface area contributed by atoms with Crippen molar-refractivity contribution in [2.45, 2.75) is 25.5 Å². The molecular weight excluding hydrogens is 377 g/mol. The van der Waals surface area contributed by atoms with Crippen LogP contribution in [-0.4, -0.2) is 52.1 Å². The van der Waals surface area contributed by atoms with Gasteiger partial charge in [-0.05, 0) is 6.07 Å². The second-order valence-corrected chi connectivity index (χ2v) is 8.84. The summed E-state index contributed by atoms with van der Waals surface area (Å²) in [5, 5.41) is 0.191. The van der Waals surface area contributed by atoms with Gasteiger partial charge >= 0.3 is 10.1 Å². The van der Waals surface area contributed by atoms with Crippen LogP contribution in [0.2, 0.25) is 10.0 Å². The van der Waals surface area contributed by atoms with Gasteiger partial charge in [0.25, 0.3) is 0 Å². The number of hydrogen-bond donors (Lipinski definition) is 0.